The van der Waals surface area contributed by atoms with Crippen molar-refractivity contribution in [1.29, 1.82) is 0 Å². The fraction of sp³-hybridized carbons (Fsp3) is 0.444. The predicted molar refractivity (Wildman–Crippen MR) is 171 cm³/mol. The molecule has 0 radical (unpaired) electrons. The molecule has 1 unspecified atom stereocenters. The quantitative estimate of drug-likeness (QED) is 0.180. The van der Waals surface area contributed by atoms with Crippen LogP contribution >= 0.6 is 0 Å². The highest BCUT2D eigenvalue weighted by Gasteiger charge is 2.32. The van der Waals surface area contributed by atoms with Gasteiger partial charge >= 0.3 is 6.09 Å². The number of carbonyl (C=O) groups is 2. The molecular formula is C36H46N2O6. The van der Waals surface area contributed by atoms with Gasteiger partial charge in [0, 0.05) is 25.7 Å². The van der Waals surface area contributed by atoms with Crippen LogP contribution in [0.25, 0.3) is 11.1 Å². The van der Waals surface area contributed by atoms with Crippen LogP contribution in [-0.4, -0.2) is 68.7 Å². The molecule has 0 saturated heterocycles. The lowest BCUT2D eigenvalue weighted by molar-refractivity contribution is -0.161. The highest BCUT2D eigenvalue weighted by atomic mass is 16.7. The molecule has 1 N–H and O–H groups in total. The van der Waals surface area contributed by atoms with Gasteiger partial charge in [-0.3, -0.25) is 4.79 Å². The molecule has 236 valence electrons. The Labute approximate surface area is 261 Å². The number of hydrogen-bond acceptors (Lipinski definition) is 6. The van der Waals surface area contributed by atoms with E-state index in [9.17, 15) is 9.59 Å². The summed E-state index contributed by atoms with van der Waals surface area (Å²) in [6.45, 7) is 10.1. The summed E-state index contributed by atoms with van der Waals surface area (Å²) in [4.78, 5) is 29.0. The zero-order valence-electron chi connectivity index (χ0n) is 26.4. The highest BCUT2D eigenvalue weighted by molar-refractivity contribution is 5.86. The van der Waals surface area contributed by atoms with E-state index in [1.807, 2.05) is 68.4 Å². The topological polar surface area (TPSA) is 86.3 Å². The SMILES string of the molecule is CCOC(CN(CCC(C)C)C(=O)C(COCc1ccccc1)NC(=O)OCC1c2ccccc2-c2ccccc21)OCC. The summed E-state index contributed by atoms with van der Waals surface area (Å²) < 4.78 is 23.3. The van der Waals surface area contributed by atoms with Gasteiger partial charge in [-0.25, -0.2) is 4.79 Å². The molecule has 1 aliphatic rings. The van der Waals surface area contributed by atoms with Crippen LogP contribution in [0.3, 0.4) is 0 Å². The Balaban J connectivity index is 1.48. The number of fused-ring (bicyclic) bond motifs is 3. The van der Waals surface area contributed by atoms with Gasteiger partial charge in [-0.15, -0.1) is 0 Å². The molecule has 0 aliphatic heterocycles. The number of benzene rings is 3. The predicted octanol–water partition coefficient (Wildman–Crippen LogP) is 6.38. The van der Waals surface area contributed by atoms with E-state index < -0.39 is 18.4 Å². The third-order valence-corrected chi connectivity index (χ3v) is 7.69. The maximum atomic E-state index is 14.0. The van der Waals surface area contributed by atoms with Gasteiger partial charge in [-0.05, 0) is 54.0 Å². The Morgan fingerprint density at radius 2 is 1.43 bits per heavy atom. The lowest BCUT2D eigenvalue weighted by Crippen LogP contribution is -2.53. The van der Waals surface area contributed by atoms with E-state index in [0.717, 1.165) is 34.2 Å². The standard InChI is InChI=1S/C36H46N2O6/c1-5-42-34(43-6-2)22-38(21-20-26(3)4)35(39)33(25-41-23-27-14-8-7-9-15-27)37-36(40)44-24-32-30-18-12-10-16-28(30)29-17-11-13-19-31(29)32/h7-19,26,32-34H,5-6,20-25H2,1-4H3,(H,37,40). The van der Waals surface area contributed by atoms with E-state index >= 15 is 0 Å². The first kappa shape index (κ1) is 33.2. The zero-order chi connectivity index (χ0) is 31.3. The van der Waals surface area contributed by atoms with Crippen LogP contribution in [0.15, 0.2) is 78.9 Å². The van der Waals surface area contributed by atoms with Gasteiger partial charge < -0.3 is 29.2 Å². The minimum absolute atomic E-state index is 0.00988. The summed E-state index contributed by atoms with van der Waals surface area (Å²) in [5.41, 5.74) is 5.53. The van der Waals surface area contributed by atoms with Gasteiger partial charge in [0.2, 0.25) is 5.91 Å². The molecule has 0 fully saturated rings. The lowest BCUT2D eigenvalue weighted by Gasteiger charge is -2.31. The summed E-state index contributed by atoms with van der Waals surface area (Å²) in [5, 5.41) is 2.82. The van der Waals surface area contributed by atoms with Gasteiger partial charge in [0.05, 0.1) is 19.8 Å². The first-order chi connectivity index (χ1) is 21.4. The Kier molecular flexibility index (Phi) is 12.8. The molecule has 1 atom stereocenters. The Bertz CT molecular complexity index is 1280. The van der Waals surface area contributed by atoms with Crippen molar-refractivity contribution < 1.29 is 28.5 Å². The molecule has 44 heavy (non-hydrogen) atoms. The fourth-order valence-electron chi connectivity index (χ4n) is 5.46. The minimum atomic E-state index is -0.953. The van der Waals surface area contributed by atoms with Crippen LogP contribution in [0.1, 0.15) is 56.7 Å². The average Bonchev–Trinajstić information content (AvgIpc) is 3.35. The summed E-state index contributed by atoms with van der Waals surface area (Å²) in [7, 11) is 0. The third-order valence-electron chi connectivity index (χ3n) is 7.69. The summed E-state index contributed by atoms with van der Waals surface area (Å²) in [5.74, 6) is 0.0275. The second kappa shape index (κ2) is 16.9. The maximum absolute atomic E-state index is 14.0. The fourth-order valence-corrected chi connectivity index (χ4v) is 5.46. The molecule has 0 spiro atoms. The van der Waals surface area contributed by atoms with Crippen molar-refractivity contribution in [3.63, 3.8) is 0 Å². The number of nitrogens with one attached hydrogen (secondary N) is 1. The minimum Gasteiger partial charge on any atom is -0.449 e. The van der Waals surface area contributed by atoms with Gasteiger partial charge in [0.15, 0.2) is 6.29 Å². The van der Waals surface area contributed by atoms with E-state index in [4.69, 9.17) is 18.9 Å². The molecule has 0 bridgehead atoms. The smallest absolute Gasteiger partial charge is 0.407 e. The van der Waals surface area contributed by atoms with Crippen LogP contribution in [0.4, 0.5) is 4.79 Å². The summed E-state index contributed by atoms with van der Waals surface area (Å²) in [6, 6.07) is 25.1. The number of amides is 2. The number of ether oxygens (including phenoxy) is 4. The largest absolute Gasteiger partial charge is 0.449 e. The molecule has 8 heteroatoms. The molecule has 3 aromatic rings. The van der Waals surface area contributed by atoms with E-state index in [2.05, 4.69) is 43.4 Å². The van der Waals surface area contributed by atoms with Gasteiger partial charge in [0.1, 0.15) is 12.6 Å². The number of alkyl carbamates (subject to hydrolysis) is 1. The monoisotopic (exact) mass is 602 g/mol. The van der Waals surface area contributed by atoms with Crippen LogP contribution < -0.4 is 5.32 Å². The molecular weight excluding hydrogens is 556 g/mol. The van der Waals surface area contributed by atoms with Crippen molar-refractivity contribution in [3.8, 4) is 11.1 Å². The molecule has 0 heterocycles. The second-order valence-electron chi connectivity index (χ2n) is 11.3. The normalized spacial score (nSPS) is 13.0. The molecule has 8 nitrogen and oxygen atoms in total. The highest BCUT2D eigenvalue weighted by Crippen LogP contribution is 2.44. The molecule has 4 rings (SSSR count). The molecule has 0 aromatic heterocycles. The Morgan fingerprint density at radius 3 is 2.02 bits per heavy atom. The number of carbonyl (C=O) groups excluding carboxylic acids is 2. The van der Waals surface area contributed by atoms with Gasteiger partial charge in [-0.1, -0.05) is 92.7 Å². The van der Waals surface area contributed by atoms with Crippen molar-refractivity contribution in [3.05, 3.63) is 95.6 Å². The molecule has 2 amide bonds. The van der Waals surface area contributed by atoms with E-state index in [1.54, 1.807) is 4.90 Å². The van der Waals surface area contributed by atoms with E-state index in [-0.39, 0.29) is 31.6 Å². The number of rotatable bonds is 17. The first-order valence-electron chi connectivity index (χ1n) is 15.7. The Hall–Kier alpha value is -3.72. The maximum Gasteiger partial charge on any atom is 0.407 e. The van der Waals surface area contributed by atoms with Crippen LogP contribution in [0.5, 0.6) is 0 Å². The van der Waals surface area contributed by atoms with E-state index in [1.165, 1.54) is 0 Å². The molecule has 1 aliphatic carbocycles. The third kappa shape index (κ3) is 9.14. The number of nitrogens with zero attached hydrogens (tertiary/aromatic N) is 1. The van der Waals surface area contributed by atoms with Crippen molar-refractivity contribution in [2.75, 3.05) is 39.5 Å². The zero-order valence-corrected chi connectivity index (χ0v) is 26.4. The Morgan fingerprint density at radius 1 is 0.841 bits per heavy atom. The lowest BCUT2D eigenvalue weighted by atomic mass is 9.98. The van der Waals surface area contributed by atoms with Crippen LogP contribution in [-0.2, 0) is 30.3 Å². The molecule has 0 saturated carbocycles. The van der Waals surface area contributed by atoms with Gasteiger partial charge in [0.25, 0.3) is 0 Å². The number of hydrogen-bond donors (Lipinski definition) is 1. The van der Waals surface area contributed by atoms with Crippen molar-refractivity contribution >= 4 is 12.0 Å². The average molecular weight is 603 g/mol. The van der Waals surface area contributed by atoms with Crippen molar-refractivity contribution in [2.24, 2.45) is 5.92 Å². The molecule has 3 aromatic carbocycles. The van der Waals surface area contributed by atoms with Crippen LogP contribution in [0.2, 0.25) is 0 Å². The summed E-state index contributed by atoms with van der Waals surface area (Å²) >= 11 is 0. The van der Waals surface area contributed by atoms with Gasteiger partial charge in [-0.2, -0.15) is 0 Å². The van der Waals surface area contributed by atoms with Crippen LogP contribution in [0, 0.1) is 5.92 Å². The van der Waals surface area contributed by atoms with Crippen molar-refractivity contribution in [2.45, 2.75) is 59.0 Å². The first-order valence-corrected chi connectivity index (χ1v) is 15.7. The second-order valence-corrected chi connectivity index (χ2v) is 11.3. The van der Waals surface area contributed by atoms with Crippen molar-refractivity contribution in [1.82, 2.24) is 10.2 Å². The van der Waals surface area contributed by atoms with E-state index in [0.29, 0.717) is 32.3 Å². The summed E-state index contributed by atoms with van der Waals surface area (Å²) in [6.07, 6.45) is -0.441.